The largest absolute Gasteiger partial charge is 0.485 e. The van der Waals surface area contributed by atoms with Crippen molar-refractivity contribution >= 4 is 16.6 Å². The molecule has 1 aromatic heterocycles. The molecule has 0 saturated carbocycles. The van der Waals surface area contributed by atoms with Crippen molar-refractivity contribution < 1.29 is 14.4 Å². The van der Waals surface area contributed by atoms with Gasteiger partial charge in [-0.1, -0.05) is 56.3 Å². The lowest BCUT2D eigenvalue weighted by molar-refractivity contribution is -0.384. The molecule has 0 unspecified atom stereocenters. The number of ether oxygens (including phenoxy) is 2. The van der Waals surface area contributed by atoms with Crippen molar-refractivity contribution in [1.82, 2.24) is 4.57 Å². The number of benzene rings is 1. The first-order valence-corrected chi connectivity index (χ1v) is 12.6. The molecule has 7 nitrogen and oxygen atoms in total. The van der Waals surface area contributed by atoms with Crippen molar-refractivity contribution in [1.29, 1.82) is 0 Å². The van der Waals surface area contributed by atoms with Gasteiger partial charge in [-0.3, -0.25) is 14.9 Å². The maximum absolute atomic E-state index is 13.2. The summed E-state index contributed by atoms with van der Waals surface area (Å²) in [5, 5.41) is 11.9. The molecule has 0 amide bonds. The first-order valence-electron chi connectivity index (χ1n) is 12.6. The third kappa shape index (κ3) is 8.57. The summed E-state index contributed by atoms with van der Waals surface area (Å²) < 4.78 is 13.5. The van der Waals surface area contributed by atoms with E-state index in [4.69, 9.17) is 9.47 Å². The Balaban J connectivity index is 2.29. The number of nitro groups is 1. The summed E-state index contributed by atoms with van der Waals surface area (Å²) in [4.78, 5) is 24.0. The Kier molecular flexibility index (Phi) is 11.5. The molecule has 0 fully saturated rings. The van der Waals surface area contributed by atoms with Gasteiger partial charge in [-0.25, -0.2) is 0 Å². The number of hydrogen-bond acceptors (Lipinski definition) is 5. The van der Waals surface area contributed by atoms with Crippen LogP contribution in [0.1, 0.15) is 79.1 Å². The summed E-state index contributed by atoms with van der Waals surface area (Å²) in [5.74, 6) is 0.510. The maximum atomic E-state index is 13.2. The van der Waals surface area contributed by atoms with Gasteiger partial charge in [0.25, 0.3) is 11.2 Å². The summed E-state index contributed by atoms with van der Waals surface area (Å²) in [7, 11) is 1.60. The van der Waals surface area contributed by atoms with Gasteiger partial charge in [-0.15, -0.1) is 0 Å². The number of pyridine rings is 1. The lowest BCUT2D eigenvalue weighted by atomic mass is 10.1. The predicted octanol–water partition coefficient (Wildman–Crippen LogP) is 7.26. The highest BCUT2D eigenvalue weighted by Gasteiger charge is 2.20. The number of non-ortho nitro benzene ring substituents is 1. The average molecular weight is 485 g/mol. The van der Waals surface area contributed by atoms with Crippen molar-refractivity contribution in [2.24, 2.45) is 7.05 Å². The number of fused-ring (bicyclic) bond motifs is 1. The molecule has 0 atom stereocenters. The van der Waals surface area contributed by atoms with Crippen LogP contribution in [0.2, 0.25) is 0 Å². The van der Waals surface area contributed by atoms with Crippen molar-refractivity contribution in [3.63, 3.8) is 0 Å². The topological polar surface area (TPSA) is 83.6 Å². The number of hydrogen-bond donors (Lipinski definition) is 0. The van der Waals surface area contributed by atoms with Crippen molar-refractivity contribution in [3.05, 3.63) is 62.0 Å². The Morgan fingerprint density at radius 3 is 2.43 bits per heavy atom. The average Bonchev–Trinajstić information content (AvgIpc) is 2.82. The van der Waals surface area contributed by atoms with E-state index in [1.165, 1.54) is 47.1 Å². The van der Waals surface area contributed by atoms with Crippen LogP contribution in [0.5, 0.6) is 11.5 Å². The van der Waals surface area contributed by atoms with Crippen LogP contribution in [0.4, 0.5) is 5.69 Å². The zero-order chi connectivity index (χ0) is 25.8. The third-order valence-corrected chi connectivity index (χ3v) is 6.00. The van der Waals surface area contributed by atoms with Crippen molar-refractivity contribution in [2.45, 2.75) is 79.1 Å². The molecule has 7 heteroatoms. The predicted molar refractivity (Wildman–Crippen MR) is 143 cm³/mol. The first-order chi connectivity index (χ1) is 16.8. The zero-order valence-electron chi connectivity index (χ0n) is 21.9. The van der Waals surface area contributed by atoms with E-state index in [9.17, 15) is 14.9 Å². The lowest BCUT2D eigenvalue weighted by Crippen LogP contribution is -2.21. The fourth-order valence-corrected chi connectivity index (χ4v) is 3.87. The Morgan fingerprint density at radius 2 is 1.74 bits per heavy atom. The van der Waals surface area contributed by atoms with E-state index in [2.05, 4.69) is 33.8 Å². The summed E-state index contributed by atoms with van der Waals surface area (Å²) in [6, 6.07) is 4.46. The molecule has 2 aromatic rings. The summed E-state index contributed by atoms with van der Waals surface area (Å²) in [6.07, 6.45) is 12.8. The van der Waals surface area contributed by atoms with Crippen LogP contribution in [0.15, 0.2) is 46.3 Å². The molecule has 0 N–H and O–H groups in total. The second kappa shape index (κ2) is 14.3. The molecule has 0 aliphatic carbocycles. The smallest absolute Gasteiger partial charge is 0.297 e. The van der Waals surface area contributed by atoms with Crippen LogP contribution in [0.3, 0.4) is 0 Å². The lowest BCUT2D eigenvalue weighted by Gasteiger charge is -2.16. The molecular formula is C28H40N2O5. The van der Waals surface area contributed by atoms with Crippen LogP contribution in [0, 0.1) is 10.1 Å². The molecule has 0 saturated heterocycles. The Labute approximate surface area is 208 Å². The Hall–Kier alpha value is -3.09. The van der Waals surface area contributed by atoms with Gasteiger partial charge in [0.05, 0.1) is 17.0 Å². The number of rotatable bonds is 15. The van der Waals surface area contributed by atoms with Crippen LogP contribution >= 0.6 is 0 Å². The second-order valence-corrected chi connectivity index (χ2v) is 9.28. The quantitative estimate of drug-likeness (QED) is 0.115. The molecule has 0 bridgehead atoms. The molecule has 0 aliphatic rings. The minimum absolute atomic E-state index is 0.0748. The molecule has 192 valence electrons. The number of nitrogens with zero attached hydrogens (tertiary/aromatic N) is 2. The molecule has 35 heavy (non-hydrogen) atoms. The first kappa shape index (κ1) is 28.1. The number of nitro benzene ring substituents is 1. The molecule has 1 heterocycles. The highest BCUT2D eigenvalue weighted by atomic mass is 16.6. The highest BCUT2D eigenvalue weighted by molar-refractivity contribution is 5.89. The monoisotopic (exact) mass is 484 g/mol. The summed E-state index contributed by atoms with van der Waals surface area (Å²) >= 11 is 0. The molecule has 0 spiro atoms. The summed E-state index contributed by atoms with van der Waals surface area (Å²) in [6.45, 7) is 9.12. The van der Waals surface area contributed by atoms with Crippen LogP contribution in [0.25, 0.3) is 10.9 Å². The fraction of sp³-hybridized carbons (Fsp3) is 0.536. The number of unbranched alkanes of at least 4 members (excludes halogenated alkanes) is 5. The third-order valence-electron chi connectivity index (χ3n) is 6.00. The van der Waals surface area contributed by atoms with Crippen molar-refractivity contribution in [2.75, 3.05) is 13.2 Å². The van der Waals surface area contributed by atoms with Gasteiger partial charge in [0, 0.05) is 24.6 Å². The van der Waals surface area contributed by atoms with E-state index < -0.39 is 4.92 Å². The van der Waals surface area contributed by atoms with E-state index >= 15 is 0 Å². The number of allylic oxidation sites excluding steroid dienone is 3. The zero-order valence-corrected chi connectivity index (χ0v) is 21.9. The van der Waals surface area contributed by atoms with Crippen LogP contribution in [-0.2, 0) is 7.05 Å². The number of aromatic nitrogens is 1. The molecule has 0 radical (unpaired) electrons. The van der Waals surface area contributed by atoms with E-state index in [0.717, 1.165) is 32.1 Å². The minimum atomic E-state index is -0.466. The van der Waals surface area contributed by atoms with Crippen LogP contribution in [-0.4, -0.2) is 22.7 Å². The van der Waals surface area contributed by atoms with Gasteiger partial charge in [0.2, 0.25) is 5.75 Å². The van der Waals surface area contributed by atoms with E-state index in [1.54, 1.807) is 13.1 Å². The Morgan fingerprint density at radius 1 is 1.03 bits per heavy atom. The molecule has 1 aromatic carbocycles. The molecule has 2 rings (SSSR count). The van der Waals surface area contributed by atoms with Gasteiger partial charge < -0.3 is 14.0 Å². The molecule has 0 aliphatic heterocycles. The van der Waals surface area contributed by atoms with Crippen LogP contribution < -0.4 is 15.0 Å². The van der Waals surface area contributed by atoms with Crippen molar-refractivity contribution in [3.8, 4) is 11.5 Å². The minimum Gasteiger partial charge on any atom is -0.485 e. The Bertz CT molecular complexity index is 1110. The fourth-order valence-electron chi connectivity index (χ4n) is 3.87. The normalized spacial score (nSPS) is 11.5. The summed E-state index contributed by atoms with van der Waals surface area (Å²) in [5.41, 5.74) is 2.50. The van der Waals surface area contributed by atoms with E-state index in [1.807, 2.05) is 6.08 Å². The van der Waals surface area contributed by atoms with Gasteiger partial charge in [-0.05, 0) is 52.2 Å². The number of aryl methyl sites for hydroxylation is 1. The maximum Gasteiger partial charge on any atom is 0.297 e. The van der Waals surface area contributed by atoms with Gasteiger partial charge in [0.1, 0.15) is 6.61 Å². The van der Waals surface area contributed by atoms with Gasteiger partial charge in [0.15, 0.2) is 5.75 Å². The van der Waals surface area contributed by atoms with Gasteiger partial charge >= 0.3 is 0 Å². The SMILES string of the molecule is CCCCCCCCOc1c(OCC=C(C)CCC=C(C)C)c2ccc([N+](=O)[O-])cc2n(C)c1=O. The van der Waals surface area contributed by atoms with E-state index in [-0.39, 0.29) is 23.6 Å². The van der Waals surface area contributed by atoms with Gasteiger partial charge in [-0.2, -0.15) is 0 Å². The highest BCUT2D eigenvalue weighted by Crippen LogP contribution is 2.34. The molecular weight excluding hydrogens is 444 g/mol. The van der Waals surface area contributed by atoms with E-state index in [0.29, 0.717) is 23.3 Å². The second-order valence-electron chi connectivity index (χ2n) is 9.28. The standard InChI is InChI=1S/C28H40N2O5/c1-6-7-8-9-10-11-18-34-27-26(35-19-17-22(4)14-12-13-21(2)3)24-16-15-23(30(32)33)20-25(24)29(5)28(27)31/h13,15-17,20H,6-12,14,18-19H2,1-5H3.